The fraction of sp³-hybridized carbons (Fsp3) is 0.581. The number of carbonyl (C=O) groups is 7. The normalized spacial score (nSPS) is 16.3. The molecule has 1 aromatic rings. The predicted molar refractivity (Wildman–Crippen MR) is 176 cm³/mol. The highest BCUT2D eigenvalue weighted by molar-refractivity contribution is 5.99. The Balaban J connectivity index is 2.03. The van der Waals surface area contributed by atoms with Gasteiger partial charge in [0, 0.05) is 30.8 Å². The van der Waals surface area contributed by atoms with Crippen molar-refractivity contribution in [2.45, 2.75) is 102 Å². The van der Waals surface area contributed by atoms with Crippen molar-refractivity contribution in [1.82, 2.24) is 26.2 Å². The van der Waals surface area contributed by atoms with Gasteiger partial charge in [0.15, 0.2) is 0 Å². The Hall–Kier alpha value is -5.13. The first-order valence-corrected chi connectivity index (χ1v) is 16.2. The highest BCUT2D eigenvalue weighted by atomic mass is 16.6. The van der Waals surface area contributed by atoms with Crippen LogP contribution in [0.5, 0.6) is 0 Å². The van der Waals surface area contributed by atoms with E-state index < -0.39 is 83.0 Å². The third-order valence-corrected chi connectivity index (χ3v) is 7.88. The van der Waals surface area contributed by atoms with Crippen molar-refractivity contribution in [2.24, 2.45) is 5.73 Å². The molecule has 5 atom stereocenters. The van der Waals surface area contributed by atoms with Gasteiger partial charge in [0.1, 0.15) is 30.2 Å². The van der Waals surface area contributed by atoms with Gasteiger partial charge >= 0.3 is 5.97 Å². The SMILES string of the molecule is CCC(NC(=O)C(C)NC(=O)C(C)NC(=O)CCC(=O)O)C(=O)N1CCCC1C(=O)NC(CCCCN)C(=O)Nc1ccc([N+](=O)[O-])cc1. The lowest BCUT2D eigenvalue weighted by Crippen LogP contribution is -2.58. The minimum atomic E-state index is -1.16. The van der Waals surface area contributed by atoms with E-state index in [2.05, 4.69) is 26.6 Å². The number of nitrogens with zero attached hydrogens (tertiary/aromatic N) is 2. The highest BCUT2D eigenvalue weighted by Gasteiger charge is 2.38. The van der Waals surface area contributed by atoms with Crippen LogP contribution in [-0.2, 0) is 33.6 Å². The average molecular weight is 691 g/mol. The Labute approximate surface area is 283 Å². The molecule has 0 aliphatic carbocycles. The number of nitro benzene ring substituents is 1. The van der Waals surface area contributed by atoms with Crippen molar-refractivity contribution < 1.29 is 43.6 Å². The van der Waals surface area contributed by atoms with Crippen LogP contribution in [0.1, 0.15) is 72.1 Å². The van der Waals surface area contributed by atoms with Gasteiger partial charge in [0.2, 0.25) is 35.4 Å². The molecule has 5 unspecified atom stereocenters. The van der Waals surface area contributed by atoms with Crippen LogP contribution in [0, 0.1) is 10.1 Å². The molecule has 1 aliphatic heterocycles. The zero-order valence-electron chi connectivity index (χ0n) is 27.9. The molecule has 1 fully saturated rings. The van der Waals surface area contributed by atoms with Crippen molar-refractivity contribution in [2.75, 3.05) is 18.4 Å². The molecular weight excluding hydrogens is 644 g/mol. The van der Waals surface area contributed by atoms with Gasteiger partial charge < -0.3 is 42.3 Å². The number of nitro groups is 1. The molecule has 0 bridgehead atoms. The van der Waals surface area contributed by atoms with Crippen LogP contribution in [0.4, 0.5) is 11.4 Å². The van der Waals surface area contributed by atoms with Crippen LogP contribution < -0.4 is 32.3 Å². The molecule has 1 saturated heterocycles. The van der Waals surface area contributed by atoms with Gasteiger partial charge in [-0.1, -0.05) is 6.92 Å². The Kier molecular flexibility index (Phi) is 16.0. The largest absolute Gasteiger partial charge is 0.481 e. The maximum Gasteiger partial charge on any atom is 0.303 e. The van der Waals surface area contributed by atoms with Crippen LogP contribution in [-0.4, -0.2) is 99.6 Å². The Bertz CT molecular complexity index is 1370. The molecule has 1 aliphatic rings. The van der Waals surface area contributed by atoms with E-state index in [-0.39, 0.29) is 31.5 Å². The molecule has 0 saturated carbocycles. The summed E-state index contributed by atoms with van der Waals surface area (Å²) in [5, 5.41) is 32.5. The lowest BCUT2D eigenvalue weighted by molar-refractivity contribution is -0.384. The second-order valence-corrected chi connectivity index (χ2v) is 11.7. The number of likely N-dealkylation sites (tertiary alicyclic amines) is 1. The Morgan fingerprint density at radius 3 is 2.14 bits per heavy atom. The Morgan fingerprint density at radius 2 is 1.55 bits per heavy atom. The number of non-ortho nitro benzene ring substituents is 1. The summed E-state index contributed by atoms with van der Waals surface area (Å²) >= 11 is 0. The first kappa shape index (κ1) is 40.0. The lowest BCUT2D eigenvalue weighted by Gasteiger charge is -2.30. The van der Waals surface area contributed by atoms with Gasteiger partial charge in [-0.2, -0.15) is 0 Å². The first-order valence-electron chi connectivity index (χ1n) is 16.2. The summed E-state index contributed by atoms with van der Waals surface area (Å²) in [5.41, 5.74) is 5.75. The molecule has 270 valence electrons. The molecule has 6 amide bonds. The fourth-order valence-electron chi connectivity index (χ4n) is 5.07. The predicted octanol–water partition coefficient (Wildman–Crippen LogP) is -0.0929. The average Bonchev–Trinajstić information content (AvgIpc) is 3.56. The smallest absolute Gasteiger partial charge is 0.303 e. The minimum absolute atomic E-state index is 0.149. The molecular formula is C31H46N8O10. The van der Waals surface area contributed by atoms with Crippen LogP contribution in [0.3, 0.4) is 0 Å². The number of rotatable bonds is 19. The third kappa shape index (κ3) is 12.8. The first-order chi connectivity index (χ1) is 23.2. The van der Waals surface area contributed by atoms with Gasteiger partial charge in [-0.15, -0.1) is 0 Å². The van der Waals surface area contributed by atoms with E-state index in [4.69, 9.17) is 10.8 Å². The number of amides is 6. The molecule has 1 aromatic carbocycles. The van der Waals surface area contributed by atoms with Crippen molar-refractivity contribution in [3.63, 3.8) is 0 Å². The van der Waals surface area contributed by atoms with Crippen LogP contribution in [0.15, 0.2) is 24.3 Å². The summed E-state index contributed by atoms with van der Waals surface area (Å²) in [4.78, 5) is 99.9. The maximum atomic E-state index is 13.6. The van der Waals surface area contributed by atoms with Gasteiger partial charge in [-0.25, -0.2) is 0 Å². The number of hydrogen-bond donors (Lipinski definition) is 7. The van der Waals surface area contributed by atoms with E-state index in [0.29, 0.717) is 37.9 Å². The number of aliphatic carboxylic acids is 1. The summed E-state index contributed by atoms with van der Waals surface area (Å²) < 4.78 is 0. The zero-order chi connectivity index (χ0) is 36.7. The molecule has 1 heterocycles. The number of benzene rings is 1. The number of nitrogens with one attached hydrogen (secondary N) is 5. The standard InChI is InChI=1S/C31H46N8O10/c1-4-22(36-28(44)19(3)34-27(43)18(2)33-25(40)14-15-26(41)42)31(47)38-17-7-9-24(38)30(46)37-23(8-5-6-16-32)29(45)35-20-10-12-21(13-11-20)39(48)49/h10-13,18-19,22-24H,4-9,14-17,32H2,1-3H3,(H,33,40)(H,34,43)(H,35,45)(H,36,44)(H,37,46)(H,41,42). The zero-order valence-corrected chi connectivity index (χ0v) is 27.9. The number of hydrogen-bond acceptors (Lipinski definition) is 10. The van der Waals surface area contributed by atoms with Crippen molar-refractivity contribution in [3.8, 4) is 0 Å². The second-order valence-electron chi connectivity index (χ2n) is 11.7. The Morgan fingerprint density at radius 1 is 0.918 bits per heavy atom. The van der Waals surface area contributed by atoms with Crippen LogP contribution in [0.25, 0.3) is 0 Å². The van der Waals surface area contributed by atoms with Gasteiger partial charge in [-0.05, 0) is 71.0 Å². The summed E-state index contributed by atoms with van der Waals surface area (Å²) in [7, 11) is 0. The van der Waals surface area contributed by atoms with E-state index in [1.54, 1.807) is 6.92 Å². The number of carboxylic acid groups (broad SMARTS) is 1. The van der Waals surface area contributed by atoms with Crippen molar-refractivity contribution in [3.05, 3.63) is 34.4 Å². The van der Waals surface area contributed by atoms with Crippen molar-refractivity contribution >= 4 is 52.8 Å². The number of nitrogens with two attached hydrogens (primary N) is 1. The van der Waals surface area contributed by atoms with Crippen LogP contribution >= 0.6 is 0 Å². The molecule has 49 heavy (non-hydrogen) atoms. The van der Waals surface area contributed by atoms with Gasteiger partial charge in [0.05, 0.1) is 11.3 Å². The second kappa shape index (κ2) is 19.6. The van der Waals surface area contributed by atoms with Crippen LogP contribution in [0.2, 0.25) is 0 Å². The monoisotopic (exact) mass is 690 g/mol. The van der Waals surface area contributed by atoms with E-state index in [1.165, 1.54) is 43.0 Å². The molecule has 0 radical (unpaired) electrons. The lowest BCUT2D eigenvalue weighted by atomic mass is 10.1. The number of anilines is 1. The molecule has 18 nitrogen and oxygen atoms in total. The topological polar surface area (TPSA) is 272 Å². The summed E-state index contributed by atoms with van der Waals surface area (Å²) in [6.45, 7) is 5.05. The van der Waals surface area contributed by atoms with Gasteiger partial charge in [-0.3, -0.25) is 43.7 Å². The molecule has 2 rings (SSSR count). The van der Waals surface area contributed by atoms with E-state index in [9.17, 15) is 43.7 Å². The summed E-state index contributed by atoms with van der Waals surface area (Å²) in [6, 6.07) is 0.151. The van der Waals surface area contributed by atoms with E-state index in [1.807, 2.05) is 0 Å². The van der Waals surface area contributed by atoms with Crippen molar-refractivity contribution in [1.29, 1.82) is 0 Å². The van der Waals surface area contributed by atoms with Gasteiger partial charge in [0.25, 0.3) is 5.69 Å². The minimum Gasteiger partial charge on any atom is -0.481 e. The van der Waals surface area contributed by atoms with E-state index >= 15 is 0 Å². The summed E-state index contributed by atoms with van der Waals surface area (Å²) in [5.74, 6) is -4.79. The number of carboxylic acids is 1. The maximum absolute atomic E-state index is 13.6. The highest BCUT2D eigenvalue weighted by Crippen LogP contribution is 2.21. The quantitative estimate of drug-likeness (QED) is 0.0572. The fourth-order valence-corrected chi connectivity index (χ4v) is 5.07. The van der Waals surface area contributed by atoms with E-state index in [0.717, 1.165) is 0 Å². The molecule has 0 spiro atoms. The third-order valence-electron chi connectivity index (χ3n) is 7.88. The number of unbranched alkanes of at least 4 members (excludes halogenated alkanes) is 1. The molecule has 18 heteroatoms. The number of carbonyl (C=O) groups excluding carboxylic acids is 6. The summed E-state index contributed by atoms with van der Waals surface area (Å²) in [6.07, 6.45) is 1.66. The molecule has 0 aromatic heterocycles. The molecule has 8 N–H and O–H groups in total.